The zero-order chi connectivity index (χ0) is 18.8. The molecule has 1 fully saturated rings. The average molecular weight is 363 g/mol. The third-order valence-electron chi connectivity index (χ3n) is 5.08. The first kappa shape index (κ1) is 20.9. The van der Waals surface area contributed by atoms with Gasteiger partial charge in [0.05, 0.1) is 25.2 Å². The molecular formula is C21H34N2O3. The van der Waals surface area contributed by atoms with Gasteiger partial charge in [0.2, 0.25) is 5.91 Å². The van der Waals surface area contributed by atoms with Crippen LogP contribution in [0.1, 0.15) is 45.1 Å². The lowest BCUT2D eigenvalue weighted by atomic mass is 9.92. The van der Waals surface area contributed by atoms with Crippen molar-refractivity contribution in [2.24, 2.45) is 5.92 Å². The Labute approximate surface area is 157 Å². The second kappa shape index (κ2) is 11.3. The van der Waals surface area contributed by atoms with Crippen LogP contribution in [0.25, 0.3) is 0 Å². The third kappa shape index (κ3) is 7.06. The van der Waals surface area contributed by atoms with Crippen LogP contribution in [0.5, 0.6) is 0 Å². The second-order valence-corrected chi connectivity index (χ2v) is 7.38. The maximum absolute atomic E-state index is 12.3. The highest BCUT2D eigenvalue weighted by Crippen LogP contribution is 2.22. The molecule has 2 N–H and O–H groups in total. The Bertz CT molecular complexity index is 523. The standard InChI is InChI=1S/C21H34N2O3/c1-3-4-12-22-21(25)19-11-10-17(2)23(13-19)14-20(24)16-26-15-18-8-6-5-7-9-18/h5-9,17,19-20,24H,3-4,10-16H2,1-2H3,(H,22,25). The van der Waals surface area contributed by atoms with E-state index < -0.39 is 6.10 Å². The predicted octanol–water partition coefficient (Wildman–Crippen LogP) is 2.58. The molecule has 5 nitrogen and oxygen atoms in total. The van der Waals surface area contributed by atoms with E-state index in [4.69, 9.17) is 4.74 Å². The van der Waals surface area contributed by atoms with Crippen molar-refractivity contribution < 1.29 is 14.6 Å². The van der Waals surface area contributed by atoms with E-state index in [9.17, 15) is 9.90 Å². The molecule has 146 valence electrons. The fourth-order valence-electron chi connectivity index (χ4n) is 3.39. The van der Waals surface area contributed by atoms with Gasteiger partial charge in [-0.2, -0.15) is 0 Å². The zero-order valence-electron chi connectivity index (χ0n) is 16.2. The lowest BCUT2D eigenvalue weighted by Gasteiger charge is -2.38. The molecule has 1 aliphatic rings. The molecule has 0 spiro atoms. The molecule has 1 heterocycles. The Balaban J connectivity index is 1.72. The molecule has 1 aromatic rings. The average Bonchev–Trinajstić information content (AvgIpc) is 2.64. The number of benzene rings is 1. The fraction of sp³-hybridized carbons (Fsp3) is 0.667. The Morgan fingerprint density at radius 1 is 1.35 bits per heavy atom. The van der Waals surface area contributed by atoms with Gasteiger partial charge < -0.3 is 15.2 Å². The number of piperidine rings is 1. The maximum Gasteiger partial charge on any atom is 0.224 e. The van der Waals surface area contributed by atoms with Crippen LogP contribution in [0.2, 0.25) is 0 Å². The number of amides is 1. The van der Waals surface area contributed by atoms with Gasteiger partial charge in [0, 0.05) is 25.7 Å². The molecule has 0 aromatic heterocycles. The van der Waals surface area contributed by atoms with Crippen molar-refractivity contribution in [3.8, 4) is 0 Å². The van der Waals surface area contributed by atoms with Crippen molar-refractivity contribution in [3.05, 3.63) is 35.9 Å². The third-order valence-corrected chi connectivity index (χ3v) is 5.08. The van der Waals surface area contributed by atoms with E-state index >= 15 is 0 Å². The predicted molar refractivity (Wildman–Crippen MR) is 104 cm³/mol. The van der Waals surface area contributed by atoms with Gasteiger partial charge in [-0.05, 0) is 31.7 Å². The summed E-state index contributed by atoms with van der Waals surface area (Å²) in [7, 11) is 0. The minimum absolute atomic E-state index is 0.0282. The summed E-state index contributed by atoms with van der Waals surface area (Å²) < 4.78 is 5.64. The molecule has 1 saturated heterocycles. The summed E-state index contributed by atoms with van der Waals surface area (Å²) in [5, 5.41) is 13.4. The Hall–Kier alpha value is -1.43. The number of nitrogens with zero attached hydrogens (tertiary/aromatic N) is 1. The summed E-state index contributed by atoms with van der Waals surface area (Å²) in [4.78, 5) is 14.5. The van der Waals surface area contributed by atoms with Crippen LogP contribution in [0, 0.1) is 5.92 Å². The van der Waals surface area contributed by atoms with E-state index in [1.165, 1.54) is 0 Å². The smallest absolute Gasteiger partial charge is 0.224 e. The molecule has 1 aromatic carbocycles. The summed E-state index contributed by atoms with van der Waals surface area (Å²) in [5.74, 6) is 0.186. The van der Waals surface area contributed by atoms with Gasteiger partial charge in [-0.1, -0.05) is 43.7 Å². The number of hydrogen-bond donors (Lipinski definition) is 2. The van der Waals surface area contributed by atoms with Gasteiger partial charge in [0.1, 0.15) is 0 Å². The van der Waals surface area contributed by atoms with Gasteiger partial charge in [-0.3, -0.25) is 9.69 Å². The van der Waals surface area contributed by atoms with E-state index in [1.807, 2.05) is 30.3 Å². The lowest BCUT2D eigenvalue weighted by Crippen LogP contribution is -2.49. The number of β-amino-alcohol motifs (C(OH)–C–C–N with tert-alkyl or cyclic N) is 1. The van der Waals surface area contributed by atoms with E-state index in [-0.39, 0.29) is 11.8 Å². The molecule has 1 amide bonds. The monoisotopic (exact) mass is 362 g/mol. The number of rotatable bonds is 10. The highest BCUT2D eigenvalue weighted by Gasteiger charge is 2.30. The SMILES string of the molecule is CCCCNC(=O)C1CCC(C)N(CC(O)COCc2ccccc2)C1. The van der Waals surface area contributed by atoms with Crippen molar-refractivity contribution in [1.29, 1.82) is 0 Å². The molecule has 1 aliphatic heterocycles. The lowest BCUT2D eigenvalue weighted by molar-refractivity contribution is -0.127. The van der Waals surface area contributed by atoms with Crippen LogP contribution >= 0.6 is 0 Å². The van der Waals surface area contributed by atoms with Crippen LogP contribution in [-0.2, 0) is 16.1 Å². The second-order valence-electron chi connectivity index (χ2n) is 7.38. The number of aliphatic hydroxyl groups is 1. The molecular weight excluding hydrogens is 328 g/mol. The van der Waals surface area contributed by atoms with Crippen LogP contribution in [0.15, 0.2) is 30.3 Å². The minimum Gasteiger partial charge on any atom is -0.389 e. The van der Waals surface area contributed by atoms with Gasteiger partial charge in [0.25, 0.3) is 0 Å². The number of carbonyl (C=O) groups is 1. The molecule has 2 rings (SSSR count). The summed E-state index contributed by atoms with van der Waals surface area (Å²) >= 11 is 0. The largest absolute Gasteiger partial charge is 0.389 e. The molecule has 0 aliphatic carbocycles. The normalized spacial score (nSPS) is 22.1. The topological polar surface area (TPSA) is 61.8 Å². The molecule has 0 radical (unpaired) electrons. The van der Waals surface area contributed by atoms with Crippen LogP contribution in [0.3, 0.4) is 0 Å². The number of ether oxygens (including phenoxy) is 1. The first-order valence-electron chi connectivity index (χ1n) is 9.91. The van der Waals surface area contributed by atoms with Crippen molar-refractivity contribution in [2.45, 2.75) is 58.3 Å². The number of hydrogen-bond acceptors (Lipinski definition) is 4. The molecule has 5 heteroatoms. The molecule has 26 heavy (non-hydrogen) atoms. The minimum atomic E-state index is -0.539. The number of aliphatic hydroxyl groups excluding tert-OH is 1. The van der Waals surface area contributed by atoms with Crippen LogP contribution in [-0.4, -0.2) is 54.3 Å². The first-order valence-corrected chi connectivity index (χ1v) is 9.91. The van der Waals surface area contributed by atoms with Gasteiger partial charge in [-0.15, -0.1) is 0 Å². The summed E-state index contributed by atoms with van der Waals surface area (Å²) in [6.45, 7) is 7.14. The van der Waals surface area contributed by atoms with E-state index in [0.717, 1.165) is 44.3 Å². The quantitative estimate of drug-likeness (QED) is 0.628. The molecule has 0 bridgehead atoms. The number of unbranched alkanes of at least 4 members (excludes halogenated alkanes) is 1. The fourth-order valence-corrected chi connectivity index (χ4v) is 3.39. The zero-order valence-corrected chi connectivity index (χ0v) is 16.2. The highest BCUT2D eigenvalue weighted by atomic mass is 16.5. The Morgan fingerprint density at radius 2 is 2.12 bits per heavy atom. The summed E-state index contributed by atoms with van der Waals surface area (Å²) in [5.41, 5.74) is 1.11. The van der Waals surface area contributed by atoms with E-state index in [2.05, 4.69) is 24.1 Å². The van der Waals surface area contributed by atoms with Crippen molar-refractivity contribution in [1.82, 2.24) is 10.2 Å². The molecule has 0 saturated carbocycles. The summed E-state index contributed by atoms with van der Waals surface area (Å²) in [6, 6.07) is 10.4. The number of carbonyl (C=O) groups excluding carboxylic acids is 1. The number of likely N-dealkylation sites (tertiary alicyclic amines) is 1. The van der Waals surface area contributed by atoms with Crippen LogP contribution in [0.4, 0.5) is 0 Å². The highest BCUT2D eigenvalue weighted by molar-refractivity contribution is 5.78. The molecule has 3 atom stereocenters. The molecule has 3 unspecified atom stereocenters. The first-order chi connectivity index (χ1) is 12.6. The van der Waals surface area contributed by atoms with Crippen molar-refractivity contribution >= 4 is 5.91 Å². The summed E-state index contributed by atoms with van der Waals surface area (Å²) in [6.07, 6.45) is 3.49. The number of nitrogens with one attached hydrogen (secondary N) is 1. The maximum atomic E-state index is 12.3. The van der Waals surface area contributed by atoms with E-state index in [0.29, 0.717) is 25.8 Å². The Morgan fingerprint density at radius 3 is 2.85 bits per heavy atom. The van der Waals surface area contributed by atoms with Crippen molar-refractivity contribution in [3.63, 3.8) is 0 Å². The van der Waals surface area contributed by atoms with Gasteiger partial charge in [-0.25, -0.2) is 0 Å². The Kier molecular flexibility index (Phi) is 9.09. The van der Waals surface area contributed by atoms with Gasteiger partial charge in [0.15, 0.2) is 0 Å². The van der Waals surface area contributed by atoms with Crippen LogP contribution < -0.4 is 5.32 Å². The van der Waals surface area contributed by atoms with E-state index in [1.54, 1.807) is 0 Å². The van der Waals surface area contributed by atoms with Gasteiger partial charge >= 0.3 is 0 Å². The van der Waals surface area contributed by atoms with Crippen molar-refractivity contribution in [2.75, 3.05) is 26.2 Å².